The average molecular weight is 551 g/mol. The maximum Gasteiger partial charge on any atom is 0.414 e. The van der Waals surface area contributed by atoms with E-state index in [2.05, 4.69) is 26.6 Å². The fourth-order valence-corrected chi connectivity index (χ4v) is 5.42. The third-order valence-electron chi connectivity index (χ3n) is 5.94. The van der Waals surface area contributed by atoms with Gasteiger partial charge in [0, 0.05) is 31.0 Å². The number of hydrogen-bond donors (Lipinski definition) is 2. The molecule has 1 unspecified atom stereocenters. The maximum absolute atomic E-state index is 13.4. The Morgan fingerprint density at radius 2 is 2.03 bits per heavy atom. The second-order valence-corrected chi connectivity index (χ2v) is 10.9. The molecule has 2 aliphatic rings. The highest BCUT2D eigenvalue weighted by molar-refractivity contribution is 9.11. The van der Waals surface area contributed by atoms with E-state index >= 15 is 0 Å². The van der Waals surface area contributed by atoms with E-state index in [-0.39, 0.29) is 11.8 Å². The lowest BCUT2D eigenvalue weighted by atomic mass is 9.97. The summed E-state index contributed by atoms with van der Waals surface area (Å²) in [5.74, 6) is -0.293. The smallest absolute Gasteiger partial charge is 0.399 e. The van der Waals surface area contributed by atoms with E-state index < -0.39 is 11.6 Å². The third kappa shape index (κ3) is 5.60. The van der Waals surface area contributed by atoms with Gasteiger partial charge in [-0.2, -0.15) is 0 Å². The van der Waals surface area contributed by atoms with E-state index in [1.54, 1.807) is 23.1 Å². The molecule has 11 heteroatoms. The molecule has 2 N–H and O–H groups in total. The summed E-state index contributed by atoms with van der Waals surface area (Å²) in [5.41, 5.74) is 1.13. The van der Waals surface area contributed by atoms with Gasteiger partial charge in [-0.25, -0.2) is 4.79 Å². The molecule has 2 fully saturated rings. The quantitative estimate of drug-likeness (QED) is 0.592. The van der Waals surface area contributed by atoms with E-state index in [1.807, 2.05) is 31.0 Å². The van der Waals surface area contributed by atoms with Gasteiger partial charge in [-0.1, -0.05) is 11.3 Å². The van der Waals surface area contributed by atoms with Crippen molar-refractivity contribution < 1.29 is 23.9 Å². The summed E-state index contributed by atoms with van der Waals surface area (Å²) in [6.07, 6.45) is 0.129. The van der Waals surface area contributed by atoms with Gasteiger partial charge in [0.25, 0.3) is 5.91 Å². The fourth-order valence-electron chi connectivity index (χ4n) is 4.23. The van der Waals surface area contributed by atoms with Crippen LogP contribution in [0.15, 0.2) is 34.1 Å². The first-order valence-electron chi connectivity index (χ1n) is 11.0. The number of likely N-dealkylation sites (tertiary alicyclic amines) is 1. The van der Waals surface area contributed by atoms with Gasteiger partial charge < -0.3 is 29.9 Å². The molecule has 2 aromatic rings. The summed E-state index contributed by atoms with van der Waals surface area (Å²) in [6.45, 7) is 4.34. The molecular formula is C23H27BrN4O5S. The van der Waals surface area contributed by atoms with Crippen LogP contribution in [0, 0.1) is 6.92 Å². The highest BCUT2D eigenvalue weighted by atomic mass is 79.9. The largest absolute Gasteiger partial charge is 0.414 e. The minimum atomic E-state index is -1.12. The molecule has 4 rings (SSSR count). The van der Waals surface area contributed by atoms with Crippen LogP contribution >= 0.6 is 27.3 Å². The lowest BCUT2D eigenvalue weighted by Gasteiger charge is -2.29. The SMILES string of the molecule is Cc1cc(NC(=O)C2(NC(=O)Oc3ccc(Br)s3)CCN(C)C2)ccc1N1CCOCCC1=O. The summed E-state index contributed by atoms with van der Waals surface area (Å²) < 4.78 is 11.6. The number of amides is 3. The third-order valence-corrected chi connectivity index (χ3v) is 7.45. The molecule has 1 aromatic carbocycles. The molecular weight excluding hydrogens is 524 g/mol. The number of carbonyl (C=O) groups excluding carboxylic acids is 3. The van der Waals surface area contributed by atoms with Crippen molar-refractivity contribution in [1.29, 1.82) is 0 Å². The number of ether oxygens (including phenoxy) is 2. The van der Waals surface area contributed by atoms with Crippen molar-refractivity contribution in [2.75, 3.05) is 50.1 Å². The first kappa shape index (κ1) is 24.6. The number of benzene rings is 1. The molecule has 2 aliphatic heterocycles. The van der Waals surface area contributed by atoms with E-state index in [9.17, 15) is 14.4 Å². The fraction of sp³-hybridized carbons (Fsp3) is 0.435. The van der Waals surface area contributed by atoms with Crippen molar-refractivity contribution in [3.63, 3.8) is 0 Å². The number of hydrogen-bond acceptors (Lipinski definition) is 7. The van der Waals surface area contributed by atoms with Crippen molar-refractivity contribution >= 4 is 56.5 Å². The molecule has 0 radical (unpaired) electrons. The topological polar surface area (TPSA) is 100 Å². The first-order valence-corrected chi connectivity index (χ1v) is 12.6. The van der Waals surface area contributed by atoms with Crippen LogP contribution < -0.4 is 20.3 Å². The Morgan fingerprint density at radius 3 is 2.71 bits per heavy atom. The Morgan fingerprint density at radius 1 is 1.21 bits per heavy atom. The van der Waals surface area contributed by atoms with Gasteiger partial charge in [-0.15, -0.1) is 0 Å². The molecule has 1 atom stereocenters. The Bertz CT molecular complexity index is 1090. The predicted octanol–water partition coefficient (Wildman–Crippen LogP) is 3.37. The average Bonchev–Trinajstić information content (AvgIpc) is 3.29. The highest BCUT2D eigenvalue weighted by Gasteiger charge is 2.45. The van der Waals surface area contributed by atoms with Crippen molar-refractivity contribution in [3.05, 3.63) is 39.7 Å². The molecule has 2 saturated heterocycles. The number of nitrogens with one attached hydrogen (secondary N) is 2. The molecule has 1 aromatic heterocycles. The van der Waals surface area contributed by atoms with E-state index in [0.717, 1.165) is 15.0 Å². The van der Waals surface area contributed by atoms with Crippen molar-refractivity contribution in [2.24, 2.45) is 0 Å². The lowest BCUT2D eigenvalue weighted by molar-refractivity contribution is -0.121. The summed E-state index contributed by atoms with van der Waals surface area (Å²) in [5, 5.41) is 6.18. The van der Waals surface area contributed by atoms with E-state index in [1.165, 1.54) is 11.3 Å². The summed E-state index contributed by atoms with van der Waals surface area (Å²) in [6, 6.07) is 8.91. The van der Waals surface area contributed by atoms with Crippen LogP contribution in [0.25, 0.3) is 0 Å². The Labute approximate surface area is 210 Å². The van der Waals surface area contributed by atoms with Gasteiger partial charge in [0.1, 0.15) is 5.54 Å². The van der Waals surface area contributed by atoms with Gasteiger partial charge in [0.2, 0.25) is 5.91 Å². The summed E-state index contributed by atoms with van der Waals surface area (Å²) in [7, 11) is 1.90. The summed E-state index contributed by atoms with van der Waals surface area (Å²) >= 11 is 4.63. The molecule has 3 amide bonds. The summed E-state index contributed by atoms with van der Waals surface area (Å²) in [4.78, 5) is 42.1. The van der Waals surface area contributed by atoms with Crippen LogP contribution in [0.3, 0.4) is 0 Å². The van der Waals surface area contributed by atoms with Crippen LogP contribution in [0.5, 0.6) is 5.06 Å². The maximum atomic E-state index is 13.4. The molecule has 182 valence electrons. The number of nitrogens with zero attached hydrogens (tertiary/aromatic N) is 2. The van der Waals surface area contributed by atoms with Crippen LogP contribution in [-0.2, 0) is 14.3 Å². The zero-order valence-corrected chi connectivity index (χ0v) is 21.5. The zero-order valence-electron chi connectivity index (χ0n) is 19.1. The first-order chi connectivity index (χ1) is 16.3. The van der Waals surface area contributed by atoms with Crippen LogP contribution in [0.4, 0.5) is 16.2 Å². The predicted molar refractivity (Wildman–Crippen MR) is 134 cm³/mol. The molecule has 3 heterocycles. The van der Waals surface area contributed by atoms with Crippen LogP contribution in [0.2, 0.25) is 0 Å². The highest BCUT2D eigenvalue weighted by Crippen LogP contribution is 2.30. The number of thiophene rings is 1. The minimum absolute atomic E-state index is 0.0193. The van der Waals surface area contributed by atoms with Gasteiger partial charge in [-0.05, 0) is 72.2 Å². The number of anilines is 2. The number of likely N-dealkylation sites (N-methyl/N-ethyl adjacent to an activating group) is 1. The number of aryl methyl sites for hydroxylation is 1. The monoisotopic (exact) mass is 550 g/mol. The second kappa shape index (κ2) is 10.4. The molecule has 34 heavy (non-hydrogen) atoms. The second-order valence-electron chi connectivity index (χ2n) is 8.51. The van der Waals surface area contributed by atoms with Crippen LogP contribution in [-0.4, -0.2) is 68.2 Å². The Kier molecular flexibility index (Phi) is 7.56. The lowest BCUT2D eigenvalue weighted by Crippen LogP contribution is -2.58. The Balaban J connectivity index is 1.47. The minimum Gasteiger partial charge on any atom is -0.399 e. The van der Waals surface area contributed by atoms with Gasteiger partial charge in [-0.3, -0.25) is 9.59 Å². The molecule has 0 bridgehead atoms. The van der Waals surface area contributed by atoms with Crippen LogP contribution in [0.1, 0.15) is 18.4 Å². The van der Waals surface area contributed by atoms with Gasteiger partial charge in [0.05, 0.1) is 23.4 Å². The Hall–Kier alpha value is -2.47. The van der Waals surface area contributed by atoms with E-state index in [4.69, 9.17) is 9.47 Å². The van der Waals surface area contributed by atoms with E-state index in [0.29, 0.717) is 56.4 Å². The molecule has 9 nitrogen and oxygen atoms in total. The standard InChI is InChI=1S/C23H27BrN4O5S/c1-15-13-16(3-4-17(15)28-10-12-32-11-7-19(28)29)25-21(30)23(8-9-27(2)14-23)26-22(31)33-20-6-5-18(24)34-20/h3-6,13H,7-12,14H2,1-2H3,(H,25,30)(H,26,31). The number of halogens is 1. The normalized spacial score (nSPS) is 21.3. The zero-order chi connectivity index (χ0) is 24.3. The molecule has 0 saturated carbocycles. The van der Waals surface area contributed by atoms with Crippen molar-refractivity contribution in [1.82, 2.24) is 10.2 Å². The van der Waals surface area contributed by atoms with Crippen molar-refractivity contribution in [3.8, 4) is 5.06 Å². The van der Waals surface area contributed by atoms with Gasteiger partial charge in [0.15, 0.2) is 5.06 Å². The van der Waals surface area contributed by atoms with Crippen molar-refractivity contribution in [2.45, 2.75) is 25.3 Å². The number of rotatable bonds is 5. The number of carbonyl (C=O) groups is 3. The van der Waals surface area contributed by atoms with Gasteiger partial charge >= 0.3 is 6.09 Å². The molecule has 0 spiro atoms. The molecule has 0 aliphatic carbocycles.